The Morgan fingerprint density at radius 3 is 2.39 bits per heavy atom. The summed E-state index contributed by atoms with van der Waals surface area (Å²) >= 11 is 17.4. The number of hydrogen-bond acceptors (Lipinski definition) is 5. The SMILES string of the molecule is ClCCN(CCCl)c1ccc(C=NNc2cc(Cl)ncn2)cc1. The van der Waals surface area contributed by atoms with Crippen LogP contribution in [0, 0.1) is 0 Å². The van der Waals surface area contributed by atoms with E-state index in [1.807, 2.05) is 24.3 Å². The fourth-order valence-corrected chi connectivity index (χ4v) is 2.47. The van der Waals surface area contributed by atoms with E-state index < -0.39 is 0 Å². The summed E-state index contributed by atoms with van der Waals surface area (Å²) in [6, 6.07) is 9.58. The molecule has 0 bridgehead atoms. The summed E-state index contributed by atoms with van der Waals surface area (Å²) < 4.78 is 0. The molecular formula is C15H16Cl3N5. The van der Waals surface area contributed by atoms with E-state index in [1.54, 1.807) is 12.3 Å². The molecule has 0 atom stereocenters. The minimum absolute atomic E-state index is 0.362. The van der Waals surface area contributed by atoms with E-state index in [1.165, 1.54) is 6.33 Å². The number of aromatic nitrogens is 2. The van der Waals surface area contributed by atoms with Crippen LogP contribution >= 0.6 is 34.8 Å². The Labute approximate surface area is 150 Å². The lowest BCUT2D eigenvalue weighted by Crippen LogP contribution is -2.27. The van der Waals surface area contributed by atoms with Crippen molar-refractivity contribution in [3.63, 3.8) is 0 Å². The predicted molar refractivity (Wildman–Crippen MR) is 98.4 cm³/mol. The van der Waals surface area contributed by atoms with Crippen molar-refractivity contribution in [3.8, 4) is 0 Å². The molecule has 2 aromatic rings. The monoisotopic (exact) mass is 371 g/mol. The number of hydrazone groups is 1. The van der Waals surface area contributed by atoms with Crippen molar-refractivity contribution < 1.29 is 0 Å². The zero-order chi connectivity index (χ0) is 16.5. The fraction of sp³-hybridized carbons (Fsp3) is 0.267. The van der Waals surface area contributed by atoms with Gasteiger partial charge in [0.2, 0.25) is 0 Å². The molecule has 1 aromatic heterocycles. The summed E-state index contributed by atoms with van der Waals surface area (Å²) in [5, 5.41) is 4.48. The number of hydrogen-bond donors (Lipinski definition) is 1. The second kappa shape index (κ2) is 9.55. The van der Waals surface area contributed by atoms with Crippen molar-refractivity contribution in [1.82, 2.24) is 9.97 Å². The average molecular weight is 373 g/mol. The molecular weight excluding hydrogens is 357 g/mol. The molecule has 0 saturated heterocycles. The first kappa shape index (κ1) is 17.8. The van der Waals surface area contributed by atoms with Crippen molar-refractivity contribution in [3.05, 3.63) is 47.4 Å². The van der Waals surface area contributed by atoms with Crippen LogP contribution in [-0.2, 0) is 0 Å². The van der Waals surface area contributed by atoms with Crippen molar-refractivity contribution in [1.29, 1.82) is 0 Å². The second-order valence-electron chi connectivity index (χ2n) is 4.55. The molecule has 0 aliphatic rings. The maximum Gasteiger partial charge on any atom is 0.151 e. The third kappa shape index (κ3) is 5.86. The van der Waals surface area contributed by atoms with E-state index in [0.29, 0.717) is 22.7 Å². The zero-order valence-electron chi connectivity index (χ0n) is 12.3. The zero-order valence-corrected chi connectivity index (χ0v) is 14.6. The van der Waals surface area contributed by atoms with Crippen LogP contribution in [0.1, 0.15) is 5.56 Å². The molecule has 1 N–H and O–H groups in total. The minimum atomic E-state index is 0.362. The van der Waals surface area contributed by atoms with Crippen LogP contribution in [0.4, 0.5) is 11.5 Å². The van der Waals surface area contributed by atoms with Crippen molar-refractivity contribution in [2.45, 2.75) is 0 Å². The Hall–Kier alpha value is -1.56. The number of nitrogens with zero attached hydrogens (tertiary/aromatic N) is 4. The van der Waals surface area contributed by atoms with Crippen LogP contribution in [0.25, 0.3) is 0 Å². The second-order valence-corrected chi connectivity index (χ2v) is 5.70. The van der Waals surface area contributed by atoms with Crippen molar-refractivity contribution in [2.75, 3.05) is 35.2 Å². The number of nitrogens with one attached hydrogen (secondary N) is 1. The maximum atomic E-state index is 5.82. The summed E-state index contributed by atoms with van der Waals surface area (Å²) in [6.45, 7) is 1.52. The topological polar surface area (TPSA) is 53.4 Å². The molecule has 0 unspecified atom stereocenters. The van der Waals surface area contributed by atoms with Gasteiger partial charge in [-0.3, -0.25) is 5.43 Å². The predicted octanol–water partition coefficient (Wildman–Crippen LogP) is 3.86. The van der Waals surface area contributed by atoms with Crippen LogP contribution < -0.4 is 10.3 Å². The van der Waals surface area contributed by atoms with Gasteiger partial charge < -0.3 is 4.90 Å². The lowest BCUT2D eigenvalue weighted by atomic mass is 10.2. The first-order valence-electron chi connectivity index (χ1n) is 6.96. The van der Waals surface area contributed by atoms with Crippen LogP contribution in [0.2, 0.25) is 5.15 Å². The summed E-state index contributed by atoms with van der Waals surface area (Å²) in [5.74, 6) is 1.66. The van der Waals surface area contributed by atoms with Gasteiger partial charge in [0.25, 0.3) is 0 Å². The molecule has 1 aromatic carbocycles. The Bertz CT molecular complexity index is 627. The lowest BCUT2D eigenvalue weighted by Gasteiger charge is -2.22. The van der Waals surface area contributed by atoms with Gasteiger partial charge in [0, 0.05) is 36.6 Å². The molecule has 0 saturated carbocycles. The first-order chi connectivity index (χ1) is 11.2. The Morgan fingerprint density at radius 1 is 1.09 bits per heavy atom. The van der Waals surface area contributed by atoms with Crippen LogP contribution in [0.15, 0.2) is 41.8 Å². The number of alkyl halides is 2. The molecule has 8 heteroatoms. The summed E-state index contributed by atoms with van der Waals surface area (Å²) in [6.07, 6.45) is 3.07. The van der Waals surface area contributed by atoms with Gasteiger partial charge in [0.05, 0.1) is 6.21 Å². The summed E-state index contributed by atoms with van der Waals surface area (Å²) in [7, 11) is 0. The lowest BCUT2D eigenvalue weighted by molar-refractivity contribution is 0.874. The van der Waals surface area contributed by atoms with E-state index in [-0.39, 0.29) is 0 Å². The van der Waals surface area contributed by atoms with Crippen LogP contribution in [-0.4, -0.2) is 41.0 Å². The molecule has 0 aliphatic carbocycles. The Morgan fingerprint density at radius 2 is 1.78 bits per heavy atom. The molecule has 122 valence electrons. The molecule has 0 amide bonds. The molecule has 23 heavy (non-hydrogen) atoms. The van der Waals surface area contributed by atoms with E-state index in [4.69, 9.17) is 34.8 Å². The summed E-state index contributed by atoms with van der Waals surface area (Å²) in [4.78, 5) is 9.94. The highest BCUT2D eigenvalue weighted by molar-refractivity contribution is 6.29. The van der Waals surface area contributed by atoms with Crippen molar-refractivity contribution >= 4 is 52.5 Å². The standard InChI is InChI=1S/C15H16Cl3N5/c16-5-7-23(8-6-17)13-3-1-12(2-4-13)10-21-22-15-9-14(18)19-11-20-15/h1-4,9-11H,5-8H2,(H,19,20,22). The number of anilines is 2. The van der Waals surface area contributed by atoms with Gasteiger partial charge in [-0.25, -0.2) is 9.97 Å². The first-order valence-corrected chi connectivity index (χ1v) is 8.41. The molecule has 0 spiro atoms. The Balaban J connectivity index is 1.97. The van der Waals surface area contributed by atoms with Gasteiger partial charge in [-0.15, -0.1) is 23.2 Å². The third-order valence-electron chi connectivity index (χ3n) is 2.99. The highest BCUT2D eigenvalue weighted by atomic mass is 35.5. The van der Waals surface area contributed by atoms with Gasteiger partial charge in [-0.1, -0.05) is 23.7 Å². The highest BCUT2D eigenvalue weighted by Gasteiger charge is 2.04. The third-order valence-corrected chi connectivity index (χ3v) is 3.54. The van der Waals surface area contributed by atoms with E-state index in [9.17, 15) is 0 Å². The van der Waals surface area contributed by atoms with Gasteiger partial charge in [-0.2, -0.15) is 5.10 Å². The molecule has 0 fully saturated rings. The molecule has 1 heterocycles. The number of benzene rings is 1. The van der Waals surface area contributed by atoms with E-state index >= 15 is 0 Å². The fourth-order valence-electron chi connectivity index (χ4n) is 1.91. The van der Waals surface area contributed by atoms with Gasteiger partial charge in [0.1, 0.15) is 11.5 Å². The molecule has 0 aliphatic heterocycles. The smallest absolute Gasteiger partial charge is 0.151 e. The molecule has 5 nitrogen and oxygen atoms in total. The van der Waals surface area contributed by atoms with Gasteiger partial charge >= 0.3 is 0 Å². The molecule has 2 rings (SSSR count). The largest absolute Gasteiger partial charge is 0.369 e. The van der Waals surface area contributed by atoms with Crippen molar-refractivity contribution in [2.24, 2.45) is 5.10 Å². The number of rotatable bonds is 8. The minimum Gasteiger partial charge on any atom is -0.369 e. The van der Waals surface area contributed by atoms with Crippen LogP contribution in [0.5, 0.6) is 0 Å². The van der Waals surface area contributed by atoms with Gasteiger partial charge in [0.15, 0.2) is 5.82 Å². The van der Waals surface area contributed by atoms with Crippen LogP contribution in [0.3, 0.4) is 0 Å². The maximum absolute atomic E-state index is 5.82. The molecule has 0 radical (unpaired) electrons. The normalized spacial score (nSPS) is 10.9. The highest BCUT2D eigenvalue weighted by Crippen LogP contribution is 2.15. The Kier molecular flexibility index (Phi) is 7.39. The van der Waals surface area contributed by atoms with E-state index in [2.05, 4.69) is 25.4 Å². The quantitative estimate of drug-likeness (QED) is 0.331. The summed E-state index contributed by atoms with van der Waals surface area (Å²) in [5.41, 5.74) is 4.84. The average Bonchev–Trinajstić information content (AvgIpc) is 2.55. The van der Waals surface area contributed by atoms with Gasteiger partial charge in [-0.05, 0) is 17.7 Å². The van der Waals surface area contributed by atoms with E-state index in [0.717, 1.165) is 24.3 Å². The number of halogens is 3.